The Morgan fingerprint density at radius 1 is 0.588 bits per heavy atom. The molecule has 34 heavy (non-hydrogen) atoms. The van der Waals surface area contributed by atoms with Gasteiger partial charge >= 0.3 is 8.85 Å². The molecular weight excluding hydrogens is 635 g/mol. The van der Waals surface area contributed by atoms with Crippen LogP contribution in [0.5, 0.6) is 0 Å². The molecule has 0 fully saturated rings. The summed E-state index contributed by atoms with van der Waals surface area (Å²) in [6.45, 7) is 1.17. The van der Waals surface area contributed by atoms with Crippen LogP contribution < -0.4 is 0 Å². The number of hydrogen-bond donors (Lipinski definition) is 0. The molecule has 0 saturated heterocycles. The summed E-state index contributed by atoms with van der Waals surface area (Å²) in [6.07, 6.45) is 0. The van der Waals surface area contributed by atoms with Gasteiger partial charge in [-0.25, -0.2) is 0 Å². The smallest absolute Gasteiger partial charge is 0.558 e. The van der Waals surface area contributed by atoms with Gasteiger partial charge in [0, 0.05) is 33.7 Å². The molecule has 0 aromatic heterocycles. The Morgan fingerprint density at radius 2 is 0.971 bits per heavy atom. The third kappa shape index (κ3) is 7.19. The first-order valence-electron chi connectivity index (χ1n) is 10.00. The summed E-state index contributed by atoms with van der Waals surface area (Å²) < 4.78 is 29.3. The first-order valence-corrected chi connectivity index (χ1v) is 11.1. The maximum absolute atomic E-state index is 9.77. The molecule has 0 spiro atoms. The second kappa shape index (κ2) is 13.3. The average molecular weight is 658 g/mol. The van der Waals surface area contributed by atoms with Crippen molar-refractivity contribution in [2.75, 3.05) is 0 Å². The average Bonchev–Trinajstić information content (AvgIpc) is 2.81. The zero-order valence-electron chi connectivity index (χ0n) is 18.3. The van der Waals surface area contributed by atoms with E-state index in [0.717, 1.165) is 44.8 Å². The predicted molar refractivity (Wildman–Crippen MR) is 133 cm³/mol. The van der Waals surface area contributed by atoms with Crippen molar-refractivity contribution in [3.05, 3.63) is 126 Å². The van der Waals surface area contributed by atoms with Crippen molar-refractivity contribution in [3.63, 3.8) is 0 Å². The maximum atomic E-state index is 9.77. The predicted octanol–water partition coefficient (Wildman–Crippen LogP) is 9.65. The molecule has 4 bridgehead atoms. The molecule has 0 aliphatic carbocycles. The van der Waals surface area contributed by atoms with Crippen LogP contribution >= 0.6 is 8.85 Å². The number of rotatable bonds is 0. The van der Waals surface area contributed by atoms with Gasteiger partial charge in [-0.1, -0.05) is 48.5 Å². The van der Waals surface area contributed by atoms with Gasteiger partial charge in [0.05, 0.1) is 0 Å². The maximum Gasteiger partial charge on any atom is 0.558 e. The molecule has 5 rings (SSSR count). The Morgan fingerprint density at radius 3 is 1.38 bits per heavy atom. The van der Waals surface area contributed by atoms with E-state index < -0.39 is 8.85 Å². The van der Waals surface area contributed by atoms with Crippen LogP contribution in [0.25, 0.3) is 32.9 Å². The van der Waals surface area contributed by atoms with Crippen LogP contribution in [0.4, 0.5) is 24.0 Å². The molecule has 1 aliphatic rings. The fraction of sp³-hybridized carbons (Fsp3) is 0.0741. The summed E-state index contributed by atoms with van der Waals surface area (Å²) >= 11 is 0. The summed E-state index contributed by atoms with van der Waals surface area (Å²) in [5, 5.41) is 9.77. The fourth-order valence-electron chi connectivity index (χ4n) is 3.55. The third-order valence-corrected chi connectivity index (χ3v) is 4.94. The molecule has 0 unspecified atom stereocenters. The molecule has 0 N–H and O–H groups in total. The summed E-state index contributed by atoms with van der Waals surface area (Å²) in [5.41, 5.74) is 8.38. The van der Waals surface area contributed by atoms with E-state index >= 15 is 0 Å². The van der Waals surface area contributed by atoms with Crippen molar-refractivity contribution in [1.29, 1.82) is 0 Å². The van der Waals surface area contributed by atoms with Crippen LogP contribution in [-0.2, 0) is 34.2 Å². The van der Waals surface area contributed by atoms with Gasteiger partial charge in [0.15, 0.2) is 0 Å². The van der Waals surface area contributed by atoms with Crippen LogP contribution in [0.3, 0.4) is 0 Å². The molecule has 4 aromatic carbocycles. The second-order valence-electron chi connectivity index (χ2n) is 7.06. The summed E-state index contributed by atoms with van der Waals surface area (Å²) in [7, 11) is -4.38. The zero-order chi connectivity index (χ0) is 22.3. The molecule has 4 aromatic rings. The number of halogens is 3. The van der Waals surface area contributed by atoms with Gasteiger partial charge in [0.25, 0.3) is 0 Å². The minimum absolute atomic E-state index is 0. The Balaban J connectivity index is 0.000000634. The van der Waals surface area contributed by atoms with Crippen molar-refractivity contribution in [2.24, 2.45) is 0 Å². The Kier molecular flexibility index (Phi) is 10.8. The van der Waals surface area contributed by atoms with Crippen molar-refractivity contribution in [1.82, 2.24) is 0 Å². The van der Waals surface area contributed by atoms with E-state index in [1.807, 2.05) is 24.3 Å². The van der Waals surface area contributed by atoms with Crippen molar-refractivity contribution >= 4 is 20.2 Å². The molecule has 7 heteroatoms. The summed E-state index contributed by atoms with van der Waals surface area (Å²) in [6, 6.07) is 36.0. The van der Waals surface area contributed by atoms with Gasteiger partial charge in [-0.15, -0.1) is 95.0 Å². The monoisotopic (exact) mass is 657 g/mol. The fourth-order valence-corrected chi connectivity index (χ4v) is 3.55. The summed E-state index contributed by atoms with van der Waals surface area (Å²) in [5.74, 6) is 0. The van der Waals surface area contributed by atoms with Crippen LogP contribution in [0.15, 0.2) is 84.9 Å². The van der Waals surface area contributed by atoms with Gasteiger partial charge in [0.1, 0.15) is 0 Å². The van der Waals surface area contributed by atoms with E-state index in [4.69, 9.17) is 10.6 Å². The van der Waals surface area contributed by atoms with Gasteiger partial charge < -0.3 is 18.1 Å². The van der Waals surface area contributed by atoms with Gasteiger partial charge in [-0.05, 0) is 0 Å². The molecule has 0 radical (unpaired) electrons. The quantitative estimate of drug-likeness (QED) is 0.133. The molecule has 1 heterocycles. The minimum Gasteiger partial charge on any atom is -0.689 e. The Hall–Kier alpha value is -2.61. The molecular formula is C27H22F3N2PPt-4. The van der Waals surface area contributed by atoms with Crippen LogP contribution in [-0.4, -0.2) is 0 Å². The first kappa shape index (κ1) is 27.6. The molecule has 2 nitrogen and oxygen atoms in total. The van der Waals surface area contributed by atoms with E-state index in [1.54, 1.807) is 0 Å². The standard InChI is InChI=1S/C26H18N2.CH3.F3HP.Pt/c1-3-13-25-23(11-1)21-9-5-7-19(15-21)18-28-26-14-4-2-12-24(26)22-10-6-8-20(16-22)17-27-25;;1-4(2)3;/h1-14H,17-18H2;1H3;4H;/q-4;-1;+1;. The molecule has 1 aliphatic heterocycles. The molecule has 0 amide bonds. The first-order chi connectivity index (χ1) is 15.6. The number of nitrogens with zero attached hydrogens (tertiary/aromatic N) is 2. The number of benzene rings is 4. The largest absolute Gasteiger partial charge is 0.689 e. The number of hydrogen-bond acceptors (Lipinski definition) is 0. The number of fused-ring (bicyclic) bond motifs is 8. The zero-order valence-corrected chi connectivity index (χ0v) is 21.6. The Labute approximate surface area is 215 Å². The van der Waals surface area contributed by atoms with E-state index in [1.165, 1.54) is 0 Å². The van der Waals surface area contributed by atoms with Crippen LogP contribution in [0.1, 0.15) is 11.1 Å². The van der Waals surface area contributed by atoms with Gasteiger partial charge in [0.2, 0.25) is 0 Å². The minimum atomic E-state index is -4.38. The topological polar surface area (TPSA) is 28.2 Å². The molecule has 180 valence electrons. The molecule has 0 atom stereocenters. The second-order valence-corrected chi connectivity index (χ2v) is 7.49. The van der Waals surface area contributed by atoms with E-state index in [2.05, 4.69) is 72.8 Å². The van der Waals surface area contributed by atoms with Crippen LogP contribution in [0, 0.1) is 19.6 Å². The van der Waals surface area contributed by atoms with Crippen LogP contribution in [0.2, 0.25) is 0 Å². The van der Waals surface area contributed by atoms with E-state index in [9.17, 15) is 12.6 Å². The van der Waals surface area contributed by atoms with Gasteiger partial charge in [-0.3, -0.25) is 0 Å². The van der Waals surface area contributed by atoms with Crippen molar-refractivity contribution in [3.8, 4) is 22.3 Å². The SMILES string of the molecule is F[PH+](F)F.[CH3-].[Pt].[c-]1c2cccc1-c1ccccc1[N-]Cc1[c-]c(ccc1)-c1ccccc1[N-]C2. The van der Waals surface area contributed by atoms with Gasteiger partial charge in [-0.2, -0.15) is 11.4 Å². The number of para-hydroxylation sites is 2. The van der Waals surface area contributed by atoms with E-state index in [-0.39, 0.29) is 28.5 Å². The third-order valence-electron chi connectivity index (χ3n) is 4.94. The van der Waals surface area contributed by atoms with Crippen molar-refractivity contribution < 1.29 is 33.7 Å². The normalized spacial score (nSPS) is 11.4. The van der Waals surface area contributed by atoms with E-state index in [0.29, 0.717) is 13.1 Å². The van der Waals surface area contributed by atoms with Crippen molar-refractivity contribution in [2.45, 2.75) is 13.1 Å². The summed E-state index contributed by atoms with van der Waals surface area (Å²) in [4.78, 5) is 0. The molecule has 0 saturated carbocycles. The Bertz CT molecular complexity index is 1110.